The van der Waals surface area contributed by atoms with Crippen LogP contribution in [0.1, 0.15) is 5.69 Å². The van der Waals surface area contributed by atoms with Crippen molar-refractivity contribution in [3.05, 3.63) is 18.0 Å². The molecule has 0 saturated heterocycles. The Morgan fingerprint density at radius 3 is 3.50 bits per heavy atom. The Morgan fingerprint density at radius 1 is 1.75 bits per heavy atom. The standard InChI is InChI=1S/C8H13N3O/c1-12-8-5-9-4-7-2-3-10-11(7)6-8/h2-3,8-9H,4-6H2,1H3. The number of hydrogen-bond donors (Lipinski definition) is 1. The number of rotatable bonds is 1. The molecule has 4 nitrogen and oxygen atoms in total. The minimum atomic E-state index is 0.242. The van der Waals surface area contributed by atoms with Crippen molar-refractivity contribution < 1.29 is 4.74 Å². The molecule has 1 unspecified atom stereocenters. The molecule has 1 aliphatic heterocycles. The van der Waals surface area contributed by atoms with E-state index < -0.39 is 0 Å². The number of methoxy groups -OCH3 is 1. The highest BCUT2D eigenvalue weighted by Gasteiger charge is 2.14. The van der Waals surface area contributed by atoms with Crippen LogP contribution in [0.5, 0.6) is 0 Å². The average Bonchev–Trinajstić information content (AvgIpc) is 2.43. The molecule has 1 aliphatic rings. The molecular formula is C8H13N3O. The van der Waals surface area contributed by atoms with Gasteiger partial charge in [0, 0.05) is 26.4 Å². The van der Waals surface area contributed by atoms with E-state index in [2.05, 4.69) is 10.4 Å². The second kappa shape index (κ2) is 3.25. The third kappa shape index (κ3) is 1.35. The zero-order chi connectivity index (χ0) is 8.39. The second-order valence-electron chi connectivity index (χ2n) is 2.99. The number of fused-ring (bicyclic) bond motifs is 1. The number of aromatic nitrogens is 2. The molecule has 0 aliphatic carbocycles. The molecule has 66 valence electrons. The quantitative estimate of drug-likeness (QED) is 0.640. The maximum atomic E-state index is 5.27. The van der Waals surface area contributed by atoms with Gasteiger partial charge in [0.1, 0.15) is 0 Å². The maximum absolute atomic E-state index is 5.27. The molecule has 0 fully saturated rings. The molecule has 2 rings (SSSR count). The van der Waals surface area contributed by atoms with Crippen molar-refractivity contribution in [1.82, 2.24) is 15.1 Å². The van der Waals surface area contributed by atoms with E-state index in [1.54, 1.807) is 7.11 Å². The van der Waals surface area contributed by atoms with Crippen LogP contribution in [0.15, 0.2) is 12.3 Å². The van der Waals surface area contributed by atoms with E-state index in [0.717, 1.165) is 19.6 Å². The number of nitrogens with zero attached hydrogens (tertiary/aromatic N) is 2. The summed E-state index contributed by atoms with van der Waals surface area (Å²) in [6.07, 6.45) is 2.07. The summed E-state index contributed by atoms with van der Waals surface area (Å²) in [4.78, 5) is 0. The number of hydrogen-bond acceptors (Lipinski definition) is 3. The van der Waals surface area contributed by atoms with Gasteiger partial charge in [-0.05, 0) is 6.07 Å². The SMILES string of the molecule is COC1CNCc2ccnn2C1. The Kier molecular flexibility index (Phi) is 2.10. The van der Waals surface area contributed by atoms with Gasteiger partial charge in [0.05, 0.1) is 18.3 Å². The summed E-state index contributed by atoms with van der Waals surface area (Å²) in [5.74, 6) is 0. The summed E-state index contributed by atoms with van der Waals surface area (Å²) in [6, 6.07) is 2.03. The predicted molar refractivity (Wildman–Crippen MR) is 44.7 cm³/mol. The first-order valence-corrected chi connectivity index (χ1v) is 4.14. The third-order valence-corrected chi connectivity index (χ3v) is 2.19. The van der Waals surface area contributed by atoms with E-state index in [1.165, 1.54) is 5.69 Å². The summed E-state index contributed by atoms with van der Waals surface area (Å²) in [5, 5.41) is 7.52. The Morgan fingerprint density at radius 2 is 2.67 bits per heavy atom. The van der Waals surface area contributed by atoms with Crippen molar-refractivity contribution in [1.29, 1.82) is 0 Å². The monoisotopic (exact) mass is 167 g/mol. The summed E-state index contributed by atoms with van der Waals surface area (Å²) >= 11 is 0. The van der Waals surface area contributed by atoms with Gasteiger partial charge in [-0.25, -0.2) is 0 Å². The van der Waals surface area contributed by atoms with Gasteiger partial charge in [-0.1, -0.05) is 0 Å². The molecule has 0 bridgehead atoms. The Bertz CT molecular complexity index is 259. The van der Waals surface area contributed by atoms with Crippen molar-refractivity contribution >= 4 is 0 Å². The lowest BCUT2D eigenvalue weighted by atomic mass is 10.3. The van der Waals surface area contributed by atoms with Crippen LogP contribution in [0.2, 0.25) is 0 Å². The van der Waals surface area contributed by atoms with Gasteiger partial charge in [0.2, 0.25) is 0 Å². The molecule has 0 saturated carbocycles. The van der Waals surface area contributed by atoms with Crippen LogP contribution < -0.4 is 5.32 Å². The molecule has 12 heavy (non-hydrogen) atoms. The molecule has 4 heteroatoms. The molecule has 0 spiro atoms. The van der Waals surface area contributed by atoms with E-state index in [-0.39, 0.29) is 6.10 Å². The van der Waals surface area contributed by atoms with Gasteiger partial charge in [0.25, 0.3) is 0 Å². The normalized spacial score (nSPS) is 23.2. The zero-order valence-corrected chi connectivity index (χ0v) is 7.16. The minimum Gasteiger partial charge on any atom is -0.378 e. The molecule has 0 aromatic carbocycles. The van der Waals surface area contributed by atoms with Crippen LogP contribution in [0.4, 0.5) is 0 Å². The van der Waals surface area contributed by atoms with Crippen molar-refractivity contribution in [3.63, 3.8) is 0 Å². The third-order valence-electron chi connectivity index (χ3n) is 2.19. The molecular weight excluding hydrogens is 154 g/mol. The van der Waals surface area contributed by atoms with Crippen molar-refractivity contribution in [2.45, 2.75) is 19.2 Å². The van der Waals surface area contributed by atoms with E-state index in [0.29, 0.717) is 0 Å². The first-order valence-electron chi connectivity index (χ1n) is 4.14. The van der Waals surface area contributed by atoms with E-state index in [1.807, 2.05) is 16.9 Å². The minimum absolute atomic E-state index is 0.242. The van der Waals surface area contributed by atoms with Crippen LogP contribution in [-0.4, -0.2) is 29.5 Å². The number of nitrogens with one attached hydrogen (secondary N) is 1. The van der Waals surface area contributed by atoms with Crippen molar-refractivity contribution in [2.75, 3.05) is 13.7 Å². The second-order valence-corrected chi connectivity index (χ2v) is 2.99. The summed E-state index contributed by atoms with van der Waals surface area (Å²) in [7, 11) is 1.74. The lowest BCUT2D eigenvalue weighted by Crippen LogP contribution is -2.27. The van der Waals surface area contributed by atoms with Crippen LogP contribution in [0, 0.1) is 0 Å². The summed E-state index contributed by atoms with van der Waals surface area (Å²) in [6.45, 7) is 2.64. The van der Waals surface area contributed by atoms with Gasteiger partial charge in [-0.2, -0.15) is 5.10 Å². The highest BCUT2D eigenvalue weighted by atomic mass is 16.5. The first-order chi connectivity index (χ1) is 5.90. The highest BCUT2D eigenvalue weighted by Crippen LogP contribution is 2.05. The largest absolute Gasteiger partial charge is 0.378 e. The van der Waals surface area contributed by atoms with Crippen molar-refractivity contribution in [2.24, 2.45) is 0 Å². The van der Waals surface area contributed by atoms with Crippen LogP contribution >= 0.6 is 0 Å². The summed E-state index contributed by atoms with van der Waals surface area (Å²) < 4.78 is 7.27. The lowest BCUT2D eigenvalue weighted by Gasteiger charge is -2.11. The Hall–Kier alpha value is -0.870. The van der Waals surface area contributed by atoms with Gasteiger partial charge >= 0.3 is 0 Å². The molecule has 0 radical (unpaired) electrons. The van der Waals surface area contributed by atoms with E-state index in [4.69, 9.17) is 4.74 Å². The van der Waals surface area contributed by atoms with Gasteiger partial charge < -0.3 is 10.1 Å². The molecule has 1 aromatic rings. The fourth-order valence-corrected chi connectivity index (χ4v) is 1.45. The smallest absolute Gasteiger partial charge is 0.0891 e. The Labute approximate surface area is 71.5 Å². The van der Waals surface area contributed by atoms with Gasteiger partial charge in [-0.15, -0.1) is 0 Å². The molecule has 1 N–H and O–H groups in total. The lowest BCUT2D eigenvalue weighted by molar-refractivity contribution is 0.0883. The first kappa shape index (κ1) is 7.76. The van der Waals surface area contributed by atoms with Crippen molar-refractivity contribution in [3.8, 4) is 0 Å². The van der Waals surface area contributed by atoms with Gasteiger partial charge in [0.15, 0.2) is 0 Å². The van der Waals surface area contributed by atoms with E-state index >= 15 is 0 Å². The van der Waals surface area contributed by atoms with Crippen LogP contribution in [0.25, 0.3) is 0 Å². The van der Waals surface area contributed by atoms with Gasteiger partial charge in [-0.3, -0.25) is 4.68 Å². The summed E-state index contributed by atoms with van der Waals surface area (Å²) in [5.41, 5.74) is 1.23. The van der Waals surface area contributed by atoms with E-state index in [9.17, 15) is 0 Å². The molecule has 1 atom stereocenters. The fraction of sp³-hybridized carbons (Fsp3) is 0.625. The Balaban J connectivity index is 2.18. The fourth-order valence-electron chi connectivity index (χ4n) is 1.45. The predicted octanol–water partition coefficient (Wildman–Crippen LogP) is 0.00130. The number of ether oxygens (including phenoxy) is 1. The topological polar surface area (TPSA) is 39.1 Å². The average molecular weight is 167 g/mol. The van der Waals surface area contributed by atoms with Crippen LogP contribution in [-0.2, 0) is 17.8 Å². The highest BCUT2D eigenvalue weighted by molar-refractivity contribution is 5.01. The molecule has 1 aromatic heterocycles. The zero-order valence-electron chi connectivity index (χ0n) is 7.16. The van der Waals surface area contributed by atoms with Crippen LogP contribution in [0.3, 0.4) is 0 Å². The maximum Gasteiger partial charge on any atom is 0.0891 e. The molecule has 2 heterocycles. The molecule has 0 amide bonds.